The lowest BCUT2D eigenvalue weighted by Gasteiger charge is -2.37. The fraction of sp³-hybridized carbons (Fsp3) is 0.682. The Morgan fingerprint density at radius 2 is 1.78 bits per heavy atom. The van der Waals surface area contributed by atoms with Gasteiger partial charge < -0.3 is 14.7 Å². The van der Waals surface area contributed by atoms with Gasteiger partial charge in [-0.25, -0.2) is 0 Å². The lowest BCUT2D eigenvalue weighted by molar-refractivity contribution is -0.132. The van der Waals surface area contributed by atoms with Gasteiger partial charge in [-0.15, -0.1) is 0 Å². The highest BCUT2D eigenvalue weighted by Gasteiger charge is 2.39. The maximum absolute atomic E-state index is 12.0. The van der Waals surface area contributed by atoms with Gasteiger partial charge >= 0.3 is 0 Å². The van der Waals surface area contributed by atoms with Crippen LogP contribution in [-0.2, 0) is 4.79 Å². The Kier molecular flexibility index (Phi) is 6.43. The van der Waals surface area contributed by atoms with Gasteiger partial charge in [0, 0.05) is 32.6 Å². The quantitative estimate of drug-likeness (QED) is 0.880. The van der Waals surface area contributed by atoms with E-state index in [4.69, 9.17) is 4.74 Å². The van der Waals surface area contributed by atoms with Crippen LogP contribution in [0, 0.1) is 13.8 Å². The SMILES string of the molecule is CC(=O)N1CCN(C2CCCCC2)CC(O)(COc2cc(C)cc(C)c2)C1. The van der Waals surface area contributed by atoms with Crippen LogP contribution in [0.15, 0.2) is 18.2 Å². The molecule has 0 bridgehead atoms. The Hall–Kier alpha value is -1.59. The van der Waals surface area contributed by atoms with Crippen molar-refractivity contribution in [3.63, 3.8) is 0 Å². The number of aliphatic hydroxyl groups is 1. The molecule has 0 radical (unpaired) electrons. The minimum absolute atomic E-state index is 0.0188. The number of benzene rings is 1. The average Bonchev–Trinajstić information content (AvgIpc) is 2.80. The fourth-order valence-corrected chi connectivity index (χ4v) is 4.54. The second kappa shape index (κ2) is 8.61. The molecule has 0 spiro atoms. The van der Waals surface area contributed by atoms with Crippen LogP contribution in [-0.4, -0.2) is 65.2 Å². The highest BCUT2D eigenvalue weighted by molar-refractivity contribution is 5.73. The highest BCUT2D eigenvalue weighted by Crippen LogP contribution is 2.27. The third kappa shape index (κ3) is 5.45. The monoisotopic (exact) mass is 374 g/mol. The molecule has 1 unspecified atom stereocenters. The summed E-state index contributed by atoms with van der Waals surface area (Å²) in [4.78, 5) is 16.2. The predicted molar refractivity (Wildman–Crippen MR) is 107 cm³/mol. The van der Waals surface area contributed by atoms with Gasteiger partial charge in [-0.2, -0.15) is 0 Å². The number of carbonyl (C=O) groups excluding carboxylic acids is 1. The maximum atomic E-state index is 12.0. The highest BCUT2D eigenvalue weighted by atomic mass is 16.5. The normalized spacial score (nSPS) is 25.3. The topological polar surface area (TPSA) is 53.0 Å². The summed E-state index contributed by atoms with van der Waals surface area (Å²) in [6, 6.07) is 6.61. The zero-order valence-corrected chi connectivity index (χ0v) is 17.0. The van der Waals surface area contributed by atoms with Crippen molar-refractivity contribution in [1.29, 1.82) is 0 Å². The molecule has 5 heteroatoms. The van der Waals surface area contributed by atoms with Crippen molar-refractivity contribution in [2.45, 2.75) is 64.5 Å². The number of nitrogens with zero attached hydrogens (tertiary/aromatic N) is 2. The fourth-order valence-electron chi connectivity index (χ4n) is 4.54. The Bertz CT molecular complexity index is 637. The first-order valence-electron chi connectivity index (χ1n) is 10.3. The summed E-state index contributed by atoms with van der Waals surface area (Å²) in [6.07, 6.45) is 6.20. The van der Waals surface area contributed by atoms with E-state index < -0.39 is 5.60 Å². The summed E-state index contributed by atoms with van der Waals surface area (Å²) in [6.45, 7) is 8.27. The Morgan fingerprint density at radius 3 is 2.41 bits per heavy atom. The van der Waals surface area contributed by atoms with E-state index in [9.17, 15) is 9.90 Å². The van der Waals surface area contributed by atoms with Crippen molar-refractivity contribution in [2.24, 2.45) is 0 Å². The number of aryl methyl sites for hydroxylation is 2. The molecule has 1 heterocycles. The molecular formula is C22H34N2O3. The van der Waals surface area contributed by atoms with Gasteiger partial charge in [-0.3, -0.25) is 9.69 Å². The smallest absolute Gasteiger partial charge is 0.219 e. The van der Waals surface area contributed by atoms with E-state index in [1.807, 2.05) is 26.0 Å². The van der Waals surface area contributed by atoms with Crippen LogP contribution in [0.25, 0.3) is 0 Å². The molecule has 1 aromatic carbocycles. The molecule has 1 amide bonds. The molecule has 1 saturated carbocycles. The largest absolute Gasteiger partial charge is 0.490 e. The van der Waals surface area contributed by atoms with E-state index in [0.29, 0.717) is 25.7 Å². The molecule has 2 aliphatic rings. The second-order valence-corrected chi connectivity index (χ2v) is 8.54. The summed E-state index contributed by atoms with van der Waals surface area (Å²) >= 11 is 0. The molecule has 1 atom stereocenters. The van der Waals surface area contributed by atoms with Crippen LogP contribution >= 0.6 is 0 Å². The Labute approximate surface area is 163 Å². The van der Waals surface area contributed by atoms with Crippen molar-refractivity contribution in [2.75, 3.05) is 32.8 Å². The molecule has 1 saturated heterocycles. The Balaban J connectivity index is 1.73. The van der Waals surface area contributed by atoms with Crippen LogP contribution in [0.1, 0.15) is 50.2 Å². The molecule has 27 heavy (non-hydrogen) atoms. The van der Waals surface area contributed by atoms with Gasteiger partial charge in [0.25, 0.3) is 0 Å². The maximum Gasteiger partial charge on any atom is 0.219 e. The molecule has 1 aliphatic heterocycles. The zero-order chi connectivity index (χ0) is 19.4. The molecule has 1 aromatic rings. The number of carbonyl (C=O) groups is 1. The van der Waals surface area contributed by atoms with Crippen LogP contribution in [0.2, 0.25) is 0 Å². The molecule has 5 nitrogen and oxygen atoms in total. The third-order valence-electron chi connectivity index (χ3n) is 5.88. The van der Waals surface area contributed by atoms with Gasteiger partial charge in [0.05, 0.1) is 6.54 Å². The van der Waals surface area contributed by atoms with Gasteiger partial charge in [0.15, 0.2) is 0 Å². The Morgan fingerprint density at radius 1 is 1.11 bits per heavy atom. The lowest BCUT2D eigenvalue weighted by atomic mass is 9.93. The van der Waals surface area contributed by atoms with E-state index in [1.54, 1.807) is 11.8 Å². The standard InChI is InChI=1S/C22H34N2O3/c1-17-11-18(2)13-21(12-17)27-16-22(26)14-23(19(3)25)9-10-24(15-22)20-7-5-4-6-8-20/h11-13,20,26H,4-10,14-16H2,1-3H3. The summed E-state index contributed by atoms with van der Waals surface area (Å²) in [5.41, 5.74) is 1.23. The first-order valence-corrected chi connectivity index (χ1v) is 10.3. The molecule has 0 aromatic heterocycles. The van der Waals surface area contributed by atoms with Crippen molar-refractivity contribution >= 4 is 5.91 Å². The average molecular weight is 375 g/mol. The number of rotatable bonds is 4. The summed E-state index contributed by atoms with van der Waals surface area (Å²) in [5.74, 6) is 0.800. The van der Waals surface area contributed by atoms with Gasteiger partial charge in [-0.05, 0) is 49.9 Å². The zero-order valence-electron chi connectivity index (χ0n) is 17.0. The minimum Gasteiger partial charge on any atom is -0.490 e. The van der Waals surface area contributed by atoms with Crippen molar-refractivity contribution in [1.82, 2.24) is 9.80 Å². The van der Waals surface area contributed by atoms with Crippen molar-refractivity contribution in [3.05, 3.63) is 29.3 Å². The summed E-state index contributed by atoms with van der Waals surface area (Å²) in [7, 11) is 0. The first-order chi connectivity index (χ1) is 12.8. The molecule has 2 fully saturated rings. The van der Waals surface area contributed by atoms with Crippen LogP contribution < -0.4 is 4.74 Å². The molecule has 150 valence electrons. The van der Waals surface area contributed by atoms with Crippen molar-refractivity contribution < 1.29 is 14.6 Å². The number of hydrogen-bond donors (Lipinski definition) is 1. The van der Waals surface area contributed by atoms with E-state index in [-0.39, 0.29) is 12.5 Å². The first kappa shape index (κ1) is 20.2. The van der Waals surface area contributed by atoms with E-state index in [0.717, 1.165) is 23.4 Å². The number of hydrogen-bond acceptors (Lipinski definition) is 4. The van der Waals surface area contributed by atoms with E-state index in [2.05, 4.69) is 11.0 Å². The van der Waals surface area contributed by atoms with Crippen LogP contribution in [0.5, 0.6) is 5.75 Å². The predicted octanol–water partition coefficient (Wildman–Crippen LogP) is 2.91. The minimum atomic E-state index is -1.06. The molecule has 1 N–H and O–H groups in total. The lowest BCUT2D eigenvalue weighted by Crippen LogP contribution is -2.53. The van der Waals surface area contributed by atoms with E-state index in [1.165, 1.54) is 32.1 Å². The molecular weight excluding hydrogens is 340 g/mol. The van der Waals surface area contributed by atoms with Crippen LogP contribution in [0.3, 0.4) is 0 Å². The van der Waals surface area contributed by atoms with Gasteiger partial charge in [0.1, 0.15) is 18.0 Å². The van der Waals surface area contributed by atoms with Crippen LogP contribution in [0.4, 0.5) is 0 Å². The number of amides is 1. The molecule has 3 rings (SSSR count). The second-order valence-electron chi connectivity index (χ2n) is 8.54. The number of ether oxygens (including phenoxy) is 1. The third-order valence-corrected chi connectivity index (χ3v) is 5.88. The summed E-state index contributed by atoms with van der Waals surface area (Å²) < 4.78 is 6.01. The van der Waals surface area contributed by atoms with Crippen molar-refractivity contribution in [3.8, 4) is 5.75 Å². The molecule has 1 aliphatic carbocycles. The van der Waals surface area contributed by atoms with E-state index >= 15 is 0 Å². The van der Waals surface area contributed by atoms with Gasteiger partial charge in [-0.1, -0.05) is 25.3 Å². The summed E-state index contributed by atoms with van der Waals surface area (Å²) in [5, 5.41) is 11.4. The van der Waals surface area contributed by atoms with Gasteiger partial charge in [0.2, 0.25) is 5.91 Å². The number of β-amino-alcohol motifs (C(OH)–C–C–N with tert-alkyl or cyclic N) is 1.